The molecule has 7 nitrogen and oxygen atoms in total. The maximum absolute atomic E-state index is 11.9. The standard InChI is InChI=1S/C8H4F3N3O4/c9-8(10,11)18-5-3-4(1-2-12)6(14(16)17)7(15)13-5/h3H,1H2,(H,13,15). The number of hydrogen-bond donors (Lipinski definition) is 1. The molecule has 0 atom stereocenters. The van der Waals surface area contributed by atoms with Crippen LogP contribution in [0.4, 0.5) is 18.9 Å². The number of aromatic nitrogens is 1. The number of alkyl halides is 3. The summed E-state index contributed by atoms with van der Waals surface area (Å²) in [7, 11) is 0. The summed E-state index contributed by atoms with van der Waals surface area (Å²) in [4.78, 5) is 22.2. The molecule has 96 valence electrons. The number of nitrogens with zero attached hydrogens (tertiary/aromatic N) is 2. The molecule has 1 heterocycles. The third-order valence-corrected chi connectivity index (χ3v) is 1.74. The Morgan fingerprint density at radius 3 is 2.61 bits per heavy atom. The molecular formula is C8H4F3N3O4. The second kappa shape index (κ2) is 4.74. The lowest BCUT2D eigenvalue weighted by Gasteiger charge is -2.08. The minimum absolute atomic E-state index is 0.453. The molecule has 1 aromatic heterocycles. The second-order valence-corrected chi connectivity index (χ2v) is 2.98. The molecule has 1 N–H and O–H groups in total. The Kier molecular flexibility index (Phi) is 3.55. The van der Waals surface area contributed by atoms with E-state index in [1.807, 2.05) is 0 Å². The normalized spacial score (nSPS) is 10.8. The summed E-state index contributed by atoms with van der Waals surface area (Å²) in [5.74, 6) is -1.01. The van der Waals surface area contributed by atoms with Gasteiger partial charge in [0.2, 0.25) is 5.88 Å². The van der Waals surface area contributed by atoms with Gasteiger partial charge < -0.3 is 4.74 Å². The van der Waals surface area contributed by atoms with E-state index < -0.39 is 40.4 Å². The smallest absolute Gasteiger partial charge is 0.390 e. The topological polar surface area (TPSA) is 109 Å². The molecular weight excluding hydrogens is 259 g/mol. The summed E-state index contributed by atoms with van der Waals surface area (Å²) in [6, 6.07) is 2.10. The molecule has 0 amide bonds. The molecule has 0 fully saturated rings. The van der Waals surface area contributed by atoms with Crippen molar-refractivity contribution < 1.29 is 22.8 Å². The van der Waals surface area contributed by atoms with E-state index in [9.17, 15) is 28.1 Å². The SMILES string of the molecule is N#CCc1cc(OC(F)(F)F)[nH]c(=O)c1[N+](=O)[O-]. The van der Waals surface area contributed by atoms with Gasteiger partial charge in [0.1, 0.15) is 0 Å². The summed E-state index contributed by atoms with van der Waals surface area (Å²) in [6.45, 7) is 0. The predicted molar refractivity (Wildman–Crippen MR) is 49.7 cm³/mol. The van der Waals surface area contributed by atoms with Gasteiger partial charge in [-0.1, -0.05) is 0 Å². The Balaban J connectivity index is 3.33. The number of H-pyrrole nitrogens is 1. The molecule has 0 saturated heterocycles. The molecule has 1 aromatic rings. The third kappa shape index (κ3) is 3.21. The van der Waals surface area contributed by atoms with Crippen LogP contribution in [-0.4, -0.2) is 16.3 Å². The zero-order valence-electron chi connectivity index (χ0n) is 8.45. The second-order valence-electron chi connectivity index (χ2n) is 2.98. The van der Waals surface area contributed by atoms with Crippen molar-refractivity contribution in [1.29, 1.82) is 5.26 Å². The van der Waals surface area contributed by atoms with E-state index in [1.165, 1.54) is 6.07 Å². The molecule has 18 heavy (non-hydrogen) atoms. The number of nitro groups is 1. The summed E-state index contributed by atoms with van der Waals surface area (Å²) in [5, 5.41) is 18.9. The molecule has 0 spiro atoms. The number of rotatable bonds is 3. The van der Waals surface area contributed by atoms with Crippen LogP contribution in [0.1, 0.15) is 5.56 Å². The quantitative estimate of drug-likeness (QED) is 0.651. The van der Waals surface area contributed by atoms with E-state index in [0.717, 1.165) is 0 Å². The first-order valence-electron chi connectivity index (χ1n) is 4.28. The van der Waals surface area contributed by atoms with Crippen molar-refractivity contribution in [2.24, 2.45) is 0 Å². The third-order valence-electron chi connectivity index (χ3n) is 1.74. The minimum Gasteiger partial charge on any atom is -0.390 e. The molecule has 0 radical (unpaired) electrons. The molecule has 1 rings (SSSR count). The summed E-state index contributed by atoms with van der Waals surface area (Å²) >= 11 is 0. The summed E-state index contributed by atoms with van der Waals surface area (Å²) < 4.78 is 39.1. The van der Waals surface area contributed by atoms with Crippen LogP contribution in [0.5, 0.6) is 5.88 Å². The Bertz CT molecular complexity index is 572. The van der Waals surface area contributed by atoms with Gasteiger partial charge in [0.25, 0.3) is 0 Å². The first-order chi connectivity index (χ1) is 8.24. The molecule has 0 bridgehead atoms. The largest absolute Gasteiger partial charge is 0.574 e. The van der Waals surface area contributed by atoms with Gasteiger partial charge in [-0.25, -0.2) is 0 Å². The van der Waals surface area contributed by atoms with Crippen molar-refractivity contribution in [3.8, 4) is 11.9 Å². The fourth-order valence-corrected chi connectivity index (χ4v) is 1.18. The summed E-state index contributed by atoms with van der Waals surface area (Å²) in [6.07, 6.45) is -5.64. The van der Waals surface area contributed by atoms with Crippen LogP contribution in [0.15, 0.2) is 10.9 Å². The lowest BCUT2D eigenvalue weighted by atomic mass is 10.2. The van der Waals surface area contributed by atoms with Crippen LogP contribution in [0, 0.1) is 21.4 Å². The fraction of sp³-hybridized carbons (Fsp3) is 0.250. The first-order valence-corrected chi connectivity index (χ1v) is 4.28. The predicted octanol–water partition coefficient (Wildman–Crippen LogP) is 1.25. The monoisotopic (exact) mass is 263 g/mol. The van der Waals surface area contributed by atoms with Gasteiger partial charge >= 0.3 is 17.6 Å². The van der Waals surface area contributed by atoms with Crippen LogP contribution in [0.3, 0.4) is 0 Å². The molecule has 0 aliphatic heterocycles. The highest BCUT2D eigenvalue weighted by Crippen LogP contribution is 2.23. The van der Waals surface area contributed by atoms with E-state index in [2.05, 4.69) is 4.74 Å². The van der Waals surface area contributed by atoms with E-state index in [1.54, 1.807) is 4.98 Å². The van der Waals surface area contributed by atoms with Crippen LogP contribution in [-0.2, 0) is 6.42 Å². The minimum atomic E-state index is -5.05. The van der Waals surface area contributed by atoms with Crippen molar-refractivity contribution in [1.82, 2.24) is 4.98 Å². The number of ether oxygens (including phenoxy) is 1. The van der Waals surface area contributed by atoms with Gasteiger partial charge in [-0.2, -0.15) is 5.26 Å². The molecule has 0 aliphatic carbocycles. The number of nitrogens with one attached hydrogen (secondary N) is 1. The summed E-state index contributed by atoms with van der Waals surface area (Å²) in [5.41, 5.74) is -2.80. The maximum Gasteiger partial charge on any atom is 0.574 e. The first kappa shape index (κ1) is 13.5. The Morgan fingerprint density at radius 1 is 1.56 bits per heavy atom. The highest BCUT2D eigenvalue weighted by Gasteiger charge is 2.33. The number of nitriles is 1. The van der Waals surface area contributed by atoms with E-state index in [0.29, 0.717) is 6.07 Å². The van der Waals surface area contributed by atoms with Gasteiger partial charge in [0.05, 0.1) is 23.0 Å². The van der Waals surface area contributed by atoms with Crippen LogP contribution in [0.25, 0.3) is 0 Å². The lowest BCUT2D eigenvalue weighted by Crippen LogP contribution is -2.22. The zero-order valence-corrected chi connectivity index (χ0v) is 8.45. The van der Waals surface area contributed by atoms with E-state index in [-0.39, 0.29) is 0 Å². The molecule has 10 heteroatoms. The van der Waals surface area contributed by atoms with Crippen molar-refractivity contribution in [2.45, 2.75) is 12.8 Å². The lowest BCUT2D eigenvalue weighted by molar-refractivity contribution is -0.387. The van der Waals surface area contributed by atoms with Crippen LogP contribution < -0.4 is 10.3 Å². The van der Waals surface area contributed by atoms with Gasteiger partial charge in [-0.05, 0) is 0 Å². The molecule has 0 aliphatic rings. The molecule has 0 saturated carbocycles. The highest BCUT2D eigenvalue weighted by molar-refractivity contribution is 5.42. The van der Waals surface area contributed by atoms with Gasteiger partial charge in [-0.15, -0.1) is 13.2 Å². The van der Waals surface area contributed by atoms with Gasteiger partial charge in [0, 0.05) is 6.07 Å². The number of halogens is 3. The molecule has 0 aromatic carbocycles. The average Bonchev–Trinajstić information content (AvgIpc) is 2.13. The maximum atomic E-state index is 11.9. The fourth-order valence-electron chi connectivity index (χ4n) is 1.18. The molecule has 0 unspecified atom stereocenters. The van der Waals surface area contributed by atoms with Gasteiger partial charge in [-0.3, -0.25) is 19.9 Å². The Labute approximate surface area is 96.6 Å². The van der Waals surface area contributed by atoms with Gasteiger partial charge in [0.15, 0.2) is 0 Å². The van der Waals surface area contributed by atoms with E-state index >= 15 is 0 Å². The van der Waals surface area contributed by atoms with Crippen LogP contribution >= 0.6 is 0 Å². The van der Waals surface area contributed by atoms with Crippen molar-refractivity contribution in [3.05, 3.63) is 32.1 Å². The average molecular weight is 263 g/mol. The zero-order chi connectivity index (χ0) is 13.9. The van der Waals surface area contributed by atoms with Crippen molar-refractivity contribution in [2.75, 3.05) is 0 Å². The van der Waals surface area contributed by atoms with Crippen molar-refractivity contribution >= 4 is 5.69 Å². The Hall–Kier alpha value is -2.57. The number of pyridine rings is 1. The van der Waals surface area contributed by atoms with Crippen LogP contribution in [0.2, 0.25) is 0 Å². The van der Waals surface area contributed by atoms with Crippen molar-refractivity contribution in [3.63, 3.8) is 0 Å². The van der Waals surface area contributed by atoms with E-state index in [4.69, 9.17) is 5.26 Å². The number of hydrogen-bond acceptors (Lipinski definition) is 5. The highest BCUT2D eigenvalue weighted by atomic mass is 19.4. The number of aromatic amines is 1. The Morgan fingerprint density at radius 2 is 2.17 bits per heavy atom.